The van der Waals surface area contributed by atoms with Crippen molar-refractivity contribution in [3.05, 3.63) is 17.8 Å². The molecule has 3 heterocycles. The number of fused-ring (bicyclic) bond motifs is 1. The van der Waals surface area contributed by atoms with Gasteiger partial charge in [0.25, 0.3) is 0 Å². The molecule has 0 aromatic carbocycles. The Morgan fingerprint density at radius 2 is 1.73 bits per heavy atom. The quantitative estimate of drug-likeness (QED) is 0.704. The molecular formula is C24H32N6O2S. The number of rotatable bonds is 5. The summed E-state index contributed by atoms with van der Waals surface area (Å²) >= 11 is 1.62. The van der Waals surface area contributed by atoms with E-state index in [9.17, 15) is 9.59 Å². The minimum atomic E-state index is -0.0990. The van der Waals surface area contributed by atoms with Crippen molar-refractivity contribution in [2.75, 3.05) is 37.6 Å². The molecule has 5 aliphatic rings. The maximum absolute atomic E-state index is 12.7. The van der Waals surface area contributed by atoms with Crippen LogP contribution in [0.3, 0.4) is 0 Å². The van der Waals surface area contributed by atoms with Gasteiger partial charge in [-0.05, 0) is 67.7 Å². The van der Waals surface area contributed by atoms with Crippen molar-refractivity contribution in [3.8, 4) is 0 Å². The Morgan fingerprint density at radius 1 is 1.03 bits per heavy atom. The normalized spacial score (nSPS) is 30.6. The van der Waals surface area contributed by atoms with Gasteiger partial charge in [0.15, 0.2) is 0 Å². The lowest BCUT2D eigenvalue weighted by atomic mass is 9.53. The van der Waals surface area contributed by atoms with E-state index in [1.54, 1.807) is 17.7 Å². The zero-order valence-corrected chi connectivity index (χ0v) is 19.8. The second kappa shape index (κ2) is 8.42. The molecule has 1 saturated heterocycles. The van der Waals surface area contributed by atoms with Gasteiger partial charge in [0.2, 0.25) is 5.91 Å². The van der Waals surface area contributed by atoms with Crippen LogP contribution in [0.5, 0.6) is 0 Å². The number of amides is 3. The standard InChI is InChI=1S/C24H32N6O2S/c31-20(29-4-6-30(7-5-29)21-19-2-8-33-22(19)27-15-26-21)1-3-25-23(32)28-24-12-16-9-17(13-24)11-18(10-16)14-24/h2,8,15-18H,1,3-7,9-14H2,(H2,25,28,32). The second-order valence-electron chi connectivity index (χ2n) is 10.5. The lowest BCUT2D eigenvalue weighted by Gasteiger charge is -2.56. The smallest absolute Gasteiger partial charge is 0.315 e. The van der Waals surface area contributed by atoms with Crippen LogP contribution < -0.4 is 15.5 Å². The van der Waals surface area contributed by atoms with Gasteiger partial charge < -0.3 is 20.4 Å². The molecule has 9 heteroatoms. The van der Waals surface area contributed by atoms with E-state index < -0.39 is 0 Å². The monoisotopic (exact) mass is 468 g/mol. The van der Waals surface area contributed by atoms with Crippen molar-refractivity contribution < 1.29 is 9.59 Å². The molecule has 0 unspecified atom stereocenters. The summed E-state index contributed by atoms with van der Waals surface area (Å²) in [5.74, 6) is 3.46. The third-order valence-corrected chi connectivity index (χ3v) is 9.03. The van der Waals surface area contributed by atoms with Crippen LogP contribution in [0.1, 0.15) is 44.9 Å². The van der Waals surface area contributed by atoms with E-state index in [0.717, 1.165) is 66.1 Å². The molecule has 33 heavy (non-hydrogen) atoms. The van der Waals surface area contributed by atoms with Gasteiger partial charge in [-0.1, -0.05) is 0 Å². The number of piperazine rings is 1. The Morgan fingerprint density at radius 3 is 2.42 bits per heavy atom. The van der Waals surface area contributed by atoms with E-state index in [-0.39, 0.29) is 17.5 Å². The number of aromatic nitrogens is 2. The molecule has 3 amide bonds. The first-order valence-electron chi connectivity index (χ1n) is 12.3. The second-order valence-corrected chi connectivity index (χ2v) is 11.4. The predicted molar refractivity (Wildman–Crippen MR) is 128 cm³/mol. The van der Waals surface area contributed by atoms with Crippen LogP contribution in [0.25, 0.3) is 10.2 Å². The number of hydrogen-bond donors (Lipinski definition) is 2. The Bertz CT molecular complexity index is 1010. The van der Waals surface area contributed by atoms with Gasteiger partial charge in [-0.2, -0.15) is 0 Å². The predicted octanol–water partition coefficient (Wildman–Crippen LogP) is 3.00. The number of anilines is 1. The fourth-order valence-corrected chi connectivity index (χ4v) is 7.91. The van der Waals surface area contributed by atoms with Crippen LogP contribution in [0, 0.1) is 17.8 Å². The molecule has 7 rings (SSSR count). The molecule has 0 spiro atoms. The van der Waals surface area contributed by atoms with Gasteiger partial charge in [-0.25, -0.2) is 14.8 Å². The molecule has 2 aromatic heterocycles. The summed E-state index contributed by atoms with van der Waals surface area (Å²) in [5, 5.41) is 9.39. The first-order valence-corrected chi connectivity index (χ1v) is 13.2. The third kappa shape index (κ3) is 4.16. The zero-order valence-electron chi connectivity index (χ0n) is 19.0. The zero-order chi connectivity index (χ0) is 22.4. The van der Waals surface area contributed by atoms with Crippen LogP contribution in [0.4, 0.5) is 10.6 Å². The summed E-state index contributed by atoms with van der Waals surface area (Å²) in [7, 11) is 0. The largest absolute Gasteiger partial charge is 0.352 e. The first-order chi connectivity index (χ1) is 16.1. The van der Waals surface area contributed by atoms with E-state index in [1.165, 1.54) is 19.3 Å². The van der Waals surface area contributed by atoms with Crippen molar-refractivity contribution >= 4 is 39.3 Å². The Hall–Kier alpha value is -2.42. The fraction of sp³-hybridized carbons (Fsp3) is 0.667. The molecule has 2 aromatic rings. The number of hydrogen-bond acceptors (Lipinski definition) is 6. The minimum Gasteiger partial charge on any atom is -0.352 e. The summed E-state index contributed by atoms with van der Waals surface area (Å²) in [4.78, 5) is 39.3. The molecule has 2 N–H and O–H groups in total. The third-order valence-electron chi connectivity index (χ3n) is 8.21. The first kappa shape index (κ1) is 21.1. The number of nitrogens with zero attached hydrogens (tertiary/aromatic N) is 4. The number of carbonyl (C=O) groups excluding carboxylic acids is 2. The Labute approximate surface area is 198 Å². The Balaban J connectivity index is 0.957. The molecule has 8 nitrogen and oxygen atoms in total. The van der Waals surface area contributed by atoms with E-state index in [0.29, 0.717) is 26.1 Å². The number of thiophene rings is 1. The number of urea groups is 1. The van der Waals surface area contributed by atoms with Gasteiger partial charge in [0.05, 0.1) is 5.39 Å². The van der Waals surface area contributed by atoms with Crippen LogP contribution in [-0.4, -0.2) is 65.1 Å². The molecule has 0 radical (unpaired) electrons. The highest BCUT2D eigenvalue weighted by atomic mass is 32.1. The van der Waals surface area contributed by atoms with Crippen molar-refractivity contribution in [1.29, 1.82) is 0 Å². The minimum absolute atomic E-state index is 0.00797. The van der Waals surface area contributed by atoms with Gasteiger partial charge in [0, 0.05) is 44.7 Å². The summed E-state index contributed by atoms with van der Waals surface area (Å²) in [6.07, 6.45) is 9.46. The molecule has 4 aliphatic carbocycles. The van der Waals surface area contributed by atoms with Gasteiger partial charge >= 0.3 is 6.03 Å². The average Bonchev–Trinajstić information content (AvgIpc) is 3.27. The number of carbonyl (C=O) groups is 2. The van der Waals surface area contributed by atoms with E-state index in [2.05, 4.69) is 31.6 Å². The van der Waals surface area contributed by atoms with E-state index in [1.807, 2.05) is 10.3 Å². The summed E-state index contributed by atoms with van der Waals surface area (Å²) in [5.41, 5.74) is 0.00797. The van der Waals surface area contributed by atoms with E-state index in [4.69, 9.17) is 0 Å². The Kier molecular flexibility index (Phi) is 5.39. The number of nitrogens with one attached hydrogen (secondary N) is 2. The maximum Gasteiger partial charge on any atom is 0.315 e. The maximum atomic E-state index is 12.7. The molecule has 1 aliphatic heterocycles. The highest BCUT2D eigenvalue weighted by Gasteiger charge is 2.51. The lowest BCUT2D eigenvalue weighted by molar-refractivity contribution is -0.131. The van der Waals surface area contributed by atoms with Gasteiger partial charge in [-0.15, -0.1) is 11.3 Å². The molecule has 4 bridgehead atoms. The van der Waals surface area contributed by atoms with Crippen molar-refractivity contribution in [3.63, 3.8) is 0 Å². The highest BCUT2D eigenvalue weighted by Crippen LogP contribution is 2.55. The summed E-state index contributed by atoms with van der Waals surface area (Å²) < 4.78 is 0. The van der Waals surface area contributed by atoms with Crippen LogP contribution in [0.2, 0.25) is 0 Å². The van der Waals surface area contributed by atoms with Crippen LogP contribution in [-0.2, 0) is 4.79 Å². The summed E-state index contributed by atoms with van der Waals surface area (Å²) in [6, 6.07) is 1.96. The van der Waals surface area contributed by atoms with Crippen molar-refractivity contribution in [2.24, 2.45) is 17.8 Å². The van der Waals surface area contributed by atoms with Gasteiger partial charge in [-0.3, -0.25) is 4.79 Å². The SMILES string of the molecule is O=C(NCCC(=O)N1CCN(c2ncnc3sccc23)CC1)NC12CC3CC(CC(C3)C1)C2. The average molecular weight is 469 g/mol. The summed E-state index contributed by atoms with van der Waals surface area (Å²) in [6.45, 7) is 3.25. The lowest BCUT2D eigenvalue weighted by Crippen LogP contribution is -2.61. The van der Waals surface area contributed by atoms with Gasteiger partial charge in [0.1, 0.15) is 17.0 Å². The van der Waals surface area contributed by atoms with Crippen LogP contribution in [0.15, 0.2) is 17.8 Å². The molecule has 176 valence electrons. The molecular weight excluding hydrogens is 436 g/mol. The molecule has 5 fully saturated rings. The van der Waals surface area contributed by atoms with E-state index >= 15 is 0 Å². The highest BCUT2D eigenvalue weighted by molar-refractivity contribution is 7.16. The molecule has 0 atom stereocenters. The van der Waals surface area contributed by atoms with Crippen LogP contribution >= 0.6 is 11.3 Å². The fourth-order valence-electron chi connectivity index (χ4n) is 7.19. The molecule has 4 saturated carbocycles. The van der Waals surface area contributed by atoms with Crippen molar-refractivity contribution in [2.45, 2.75) is 50.5 Å². The van der Waals surface area contributed by atoms with Crippen molar-refractivity contribution in [1.82, 2.24) is 25.5 Å². The topological polar surface area (TPSA) is 90.5 Å².